The van der Waals surface area contributed by atoms with Gasteiger partial charge in [0.2, 0.25) is 5.91 Å². The molecule has 0 aromatic carbocycles. The molecule has 2 fully saturated rings. The van der Waals surface area contributed by atoms with Crippen molar-refractivity contribution in [3.05, 3.63) is 24.5 Å². The fourth-order valence-corrected chi connectivity index (χ4v) is 3.41. The van der Waals surface area contributed by atoms with E-state index < -0.39 is 0 Å². The number of pyridine rings is 1. The summed E-state index contributed by atoms with van der Waals surface area (Å²) in [5.74, 6) is 0.276. The predicted octanol–water partition coefficient (Wildman–Crippen LogP) is 0.836. The fourth-order valence-electron chi connectivity index (χ4n) is 3.41. The fraction of sp³-hybridized carbons (Fsp3) is 0.500. The summed E-state index contributed by atoms with van der Waals surface area (Å²) in [4.78, 5) is 14.7. The van der Waals surface area contributed by atoms with Gasteiger partial charge in [-0.1, -0.05) is 5.21 Å². The quantitative estimate of drug-likeness (QED) is 0.834. The van der Waals surface area contributed by atoms with Crippen LogP contribution < -0.4 is 10.2 Å². The summed E-state index contributed by atoms with van der Waals surface area (Å²) in [5.41, 5.74) is 1.73. The average molecular weight is 271 g/mol. The Labute approximate surface area is 116 Å². The van der Waals surface area contributed by atoms with Gasteiger partial charge in [-0.2, -0.15) is 0 Å². The minimum Gasteiger partial charge on any atom is -0.317 e. The molecule has 1 amide bonds. The number of amides is 1. The number of fused-ring (bicyclic) bond motifs is 1. The molecule has 2 aliphatic heterocycles. The van der Waals surface area contributed by atoms with Crippen molar-refractivity contribution in [1.82, 2.24) is 20.1 Å². The van der Waals surface area contributed by atoms with Gasteiger partial charge in [-0.25, -0.2) is 4.52 Å². The standard InChI is InChI=1S/C14H17N5O/c20-13-14(3-6-15-7-4-14)5-8-18(13)12-2-1-11-9-16-17-19(11)10-12/h1-2,9-10,15H,3-8H2. The van der Waals surface area contributed by atoms with Crippen molar-refractivity contribution < 1.29 is 4.79 Å². The van der Waals surface area contributed by atoms with E-state index in [9.17, 15) is 4.79 Å². The third kappa shape index (κ3) is 1.64. The summed E-state index contributed by atoms with van der Waals surface area (Å²) >= 11 is 0. The van der Waals surface area contributed by atoms with Gasteiger partial charge in [0.05, 0.1) is 29.0 Å². The summed E-state index contributed by atoms with van der Waals surface area (Å²) in [6, 6.07) is 3.94. The lowest BCUT2D eigenvalue weighted by atomic mass is 9.78. The normalized spacial score (nSPS) is 22.0. The lowest BCUT2D eigenvalue weighted by Gasteiger charge is -2.32. The largest absolute Gasteiger partial charge is 0.317 e. The van der Waals surface area contributed by atoms with E-state index in [1.54, 1.807) is 10.7 Å². The van der Waals surface area contributed by atoms with Crippen molar-refractivity contribution in [2.24, 2.45) is 5.41 Å². The Morgan fingerprint density at radius 2 is 2.05 bits per heavy atom. The molecule has 0 aliphatic carbocycles. The smallest absolute Gasteiger partial charge is 0.233 e. The van der Waals surface area contributed by atoms with Gasteiger partial charge < -0.3 is 10.2 Å². The minimum atomic E-state index is -0.136. The Morgan fingerprint density at radius 1 is 1.20 bits per heavy atom. The monoisotopic (exact) mass is 271 g/mol. The van der Waals surface area contributed by atoms with Crippen molar-refractivity contribution in [2.75, 3.05) is 24.5 Å². The maximum atomic E-state index is 12.8. The molecule has 0 unspecified atom stereocenters. The maximum absolute atomic E-state index is 12.8. The molecule has 2 aromatic rings. The van der Waals surface area contributed by atoms with Crippen molar-refractivity contribution in [3.63, 3.8) is 0 Å². The Balaban J connectivity index is 1.67. The van der Waals surface area contributed by atoms with Crippen LogP contribution in [0.3, 0.4) is 0 Å². The van der Waals surface area contributed by atoms with Crippen LogP contribution in [-0.4, -0.2) is 40.4 Å². The summed E-state index contributed by atoms with van der Waals surface area (Å²) in [6.45, 7) is 2.70. The van der Waals surface area contributed by atoms with Crippen molar-refractivity contribution in [2.45, 2.75) is 19.3 Å². The van der Waals surface area contributed by atoms with Gasteiger partial charge in [-0.05, 0) is 44.5 Å². The van der Waals surface area contributed by atoms with Gasteiger partial charge in [-0.3, -0.25) is 4.79 Å². The van der Waals surface area contributed by atoms with Crippen LogP contribution >= 0.6 is 0 Å². The Kier molecular flexibility index (Phi) is 2.53. The predicted molar refractivity (Wildman–Crippen MR) is 74.5 cm³/mol. The first-order valence-electron chi connectivity index (χ1n) is 7.11. The number of hydrogen-bond acceptors (Lipinski definition) is 4. The van der Waals surface area contributed by atoms with E-state index in [0.717, 1.165) is 50.1 Å². The molecule has 0 radical (unpaired) electrons. The van der Waals surface area contributed by atoms with Crippen molar-refractivity contribution in [1.29, 1.82) is 0 Å². The molecule has 104 valence electrons. The van der Waals surface area contributed by atoms with Crippen LogP contribution in [-0.2, 0) is 4.79 Å². The number of carbonyl (C=O) groups is 1. The van der Waals surface area contributed by atoms with Crippen LogP contribution in [0, 0.1) is 5.41 Å². The van der Waals surface area contributed by atoms with E-state index in [1.807, 2.05) is 23.2 Å². The number of hydrogen-bond donors (Lipinski definition) is 1. The molecule has 1 spiro atoms. The molecule has 4 heterocycles. The van der Waals surface area contributed by atoms with Gasteiger partial charge in [0.15, 0.2) is 0 Å². The first kappa shape index (κ1) is 11.8. The Morgan fingerprint density at radius 3 is 2.90 bits per heavy atom. The molecule has 20 heavy (non-hydrogen) atoms. The SMILES string of the molecule is O=C1N(c2ccc3cnnn3c2)CCC12CCNCC2. The van der Waals surface area contributed by atoms with Crippen LogP contribution in [0.1, 0.15) is 19.3 Å². The third-order valence-corrected chi connectivity index (χ3v) is 4.67. The molecule has 6 heteroatoms. The second-order valence-electron chi connectivity index (χ2n) is 5.73. The average Bonchev–Trinajstić information content (AvgIpc) is 3.06. The molecule has 0 atom stereocenters. The first-order chi connectivity index (χ1) is 9.78. The summed E-state index contributed by atoms with van der Waals surface area (Å²) in [5, 5.41) is 11.2. The molecule has 1 N–H and O–H groups in total. The van der Waals surface area contributed by atoms with E-state index >= 15 is 0 Å². The zero-order valence-electron chi connectivity index (χ0n) is 11.2. The third-order valence-electron chi connectivity index (χ3n) is 4.67. The van der Waals surface area contributed by atoms with E-state index in [2.05, 4.69) is 15.6 Å². The number of nitrogens with one attached hydrogen (secondary N) is 1. The summed E-state index contributed by atoms with van der Waals surface area (Å²) in [6.07, 6.45) is 6.47. The van der Waals surface area contributed by atoms with E-state index in [-0.39, 0.29) is 11.3 Å². The number of rotatable bonds is 1. The number of nitrogens with zero attached hydrogens (tertiary/aromatic N) is 4. The van der Waals surface area contributed by atoms with Gasteiger partial charge in [0, 0.05) is 6.54 Å². The zero-order valence-corrected chi connectivity index (χ0v) is 11.2. The molecule has 2 saturated heterocycles. The highest BCUT2D eigenvalue weighted by molar-refractivity contribution is 6.00. The molecule has 0 saturated carbocycles. The summed E-state index contributed by atoms with van der Waals surface area (Å²) < 4.78 is 1.72. The van der Waals surface area contributed by atoms with E-state index in [0.29, 0.717) is 0 Å². The number of anilines is 1. The number of carbonyl (C=O) groups excluding carboxylic acids is 1. The Hall–Kier alpha value is -1.95. The van der Waals surface area contributed by atoms with E-state index in [1.165, 1.54) is 0 Å². The molecule has 2 aliphatic rings. The van der Waals surface area contributed by atoms with Crippen LogP contribution in [0.15, 0.2) is 24.5 Å². The van der Waals surface area contributed by atoms with Gasteiger partial charge in [0.25, 0.3) is 0 Å². The second kappa shape index (κ2) is 4.28. The molecule has 2 aromatic heterocycles. The lowest BCUT2D eigenvalue weighted by Crippen LogP contribution is -2.42. The first-order valence-corrected chi connectivity index (χ1v) is 7.11. The van der Waals surface area contributed by atoms with Crippen molar-refractivity contribution in [3.8, 4) is 0 Å². The highest BCUT2D eigenvalue weighted by Gasteiger charge is 2.47. The Bertz CT molecular complexity index is 658. The van der Waals surface area contributed by atoms with Gasteiger partial charge >= 0.3 is 0 Å². The van der Waals surface area contributed by atoms with Gasteiger partial charge in [0.1, 0.15) is 0 Å². The maximum Gasteiger partial charge on any atom is 0.233 e. The summed E-state index contributed by atoms with van der Waals surface area (Å²) in [7, 11) is 0. The molecule has 0 bridgehead atoms. The number of aromatic nitrogens is 3. The van der Waals surface area contributed by atoms with E-state index in [4.69, 9.17) is 0 Å². The van der Waals surface area contributed by atoms with Crippen LogP contribution in [0.2, 0.25) is 0 Å². The highest BCUT2D eigenvalue weighted by atomic mass is 16.2. The van der Waals surface area contributed by atoms with Crippen molar-refractivity contribution >= 4 is 17.1 Å². The topological polar surface area (TPSA) is 62.5 Å². The molecular formula is C14H17N5O. The minimum absolute atomic E-state index is 0.136. The highest BCUT2D eigenvalue weighted by Crippen LogP contribution is 2.41. The second-order valence-corrected chi connectivity index (χ2v) is 5.73. The van der Waals surface area contributed by atoms with Crippen LogP contribution in [0.5, 0.6) is 0 Å². The molecular weight excluding hydrogens is 254 g/mol. The lowest BCUT2D eigenvalue weighted by molar-refractivity contribution is -0.126. The zero-order chi connectivity index (χ0) is 13.6. The number of piperidine rings is 1. The molecule has 6 nitrogen and oxygen atoms in total. The molecule has 4 rings (SSSR count). The van der Waals surface area contributed by atoms with Gasteiger partial charge in [-0.15, -0.1) is 5.10 Å². The van der Waals surface area contributed by atoms with Crippen LogP contribution in [0.4, 0.5) is 5.69 Å². The van der Waals surface area contributed by atoms with Crippen LogP contribution in [0.25, 0.3) is 5.52 Å².